The minimum atomic E-state index is 0.529. The lowest BCUT2D eigenvalue weighted by molar-refractivity contribution is 0.225. The second-order valence-electron chi connectivity index (χ2n) is 6.76. The van der Waals surface area contributed by atoms with Crippen LogP contribution < -0.4 is 15.7 Å². The number of rotatable bonds is 2. The molecule has 6 heterocycles. The lowest BCUT2D eigenvalue weighted by Gasteiger charge is -2.48. The van der Waals surface area contributed by atoms with Gasteiger partial charge in [-0.15, -0.1) is 0 Å². The van der Waals surface area contributed by atoms with E-state index in [0.717, 1.165) is 35.6 Å². The van der Waals surface area contributed by atoms with E-state index in [2.05, 4.69) is 26.4 Å². The summed E-state index contributed by atoms with van der Waals surface area (Å²) >= 11 is 0. The largest absolute Gasteiger partial charge is 0.353 e. The van der Waals surface area contributed by atoms with Gasteiger partial charge in [0.2, 0.25) is 0 Å². The van der Waals surface area contributed by atoms with Crippen molar-refractivity contribution in [1.82, 2.24) is 19.9 Å². The van der Waals surface area contributed by atoms with Crippen LogP contribution in [0.15, 0.2) is 36.8 Å². The minimum absolute atomic E-state index is 0.529. The average molecular weight is 326 g/mol. The summed E-state index contributed by atoms with van der Waals surface area (Å²) in [6.45, 7) is 2.01. The molecular weight excluding hydrogens is 311 g/mol. The highest BCUT2D eigenvalue weighted by atomic mass is 15.3. The Kier molecular flexibility index (Phi) is 3.09. The van der Waals surface area contributed by atoms with Crippen molar-refractivity contribution in [2.45, 2.75) is 18.5 Å². The van der Waals surface area contributed by atoms with Crippen LogP contribution in [0.2, 0.25) is 0 Å². The van der Waals surface area contributed by atoms with E-state index in [9.17, 15) is 5.26 Å². The standard InChI is InChI=1S/C18H15BN6/c19-13-3-16(18-12(5-20)7-22-25(18)8-13)11-1-2-17(21-6-11)24-9-14-4-15(10-24)23-14/h1-3,6-8,14-15,23H,4,9-10H2. The first-order valence-electron chi connectivity index (χ1n) is 8.35. The molecule has 3 fully saturated rings. The molecule has 2 radical (unpaired) electrons. The Labute approximate surface area is 146 Å². The van der Waals surface area contributed by atoms with Gasteiger partial charge in [0.1, 0.15) is 19.7 Å². The van der Waals surface area contributed by atoms with Gasteiger partial charge < -0.3 is 10.2 Å². The Morgan fingerprint density at radius 3 is 2.72 bits per heavy atom. The number of aromatic nitrogens is 3. The van der Waals surface area contributed by atoms with E-state index >= 15 is 0 Å². The fourth-order valence-corrected chi connectivity index (χ4v) is 3.88. The first kappa shape index (κ1) is 14.5. The van der Waals surface area contributed by atoms with Gasteiger partial charge in [0, 0.05) is 48.7 Å². The number of anilines is 1. The van der Waals surface area contributed by atoms with Crippen LogP contribution in [-0.2, 0) is 0 Å². The molecule has 0 aliphatic carbocycles. The van der Waals surface area contributed by atoms with Crippen molar-refractivity contribution in [1.29, 1.82) is 5.26 Å². The molecule has 0 saturated carbocycles. The number of fused-ring (bicyclic) bond motifs is 3. The zero-order chi connectivity index (χ0) is 17.0. The number of nitrogens with one attached hydrogen (secondary N) is 1. The summed E-state index contributed by atoms with van der Waals surface area (Å²) in [6.07, 6.45) is 6.40. The molecule has 2 atom stereocenters. The summed E-state index contributed by atoms with van der Waals surface area (Å²) < 4.78 is 1.65. The van der Waals surface area contributed by atoms with Gasteiger partial charge >= 0.3 is 0 Å². The van der Waals surface area contributed by atoms with Crippen LogP contribution in [0.25, 0.3) is 16.6 Å². The number of piperazine rings is 1. The number of nitriles is 1. The van der Waals surface area contributed by atoms with Gasteiger partial charge in [-0.1, -0.05) is 11.5 Å². The smallest absolute Gasteiger partial charge is 0.128 e. The van der Waals surface area contributed by atoms with Crippen LogP contribution in [0.4, 0.5) is 5.82 Å². The topological polar surface area (TPSA) is 69.2 Å². The molecule has 3 saturated heterocycles. The maximum atomic E-state index is 9.35. The first-order valence-corrected chi connectivity index (χ1v) is 8.35. The predicted molar refractivity (Wildman–Crippen MR) is 96.1 cm³/mol. The molecule has 0 amide bonds. The van der Waals surface area contributed by atoms with E-state index in [-0.39, 0.29) is 0 Å². The molecule has 25 heavy (non-hydrogen) atoms. The van der Waals surface area contributed by atoms with Gasteiger partial charge in [0.05, 0.1) is 17.3 Å². The van der Waals surface area contributed by atoms with Gasteiger partial charge in [-0.25, -0.2) is 9.50 Å². The van der Waals surface area contributed by atoms with Crippen molar-refractivity contribution in [2.75, 3.05) is 18.0 Å². The summed E-state index contributed by atoms with van der Waals surface area (Å²) in [7, 11) is 6.00. The van der Waals surface area contributed by atoms with Crippen molar-refractivity contribution in [3.63, 3.8) is 0 Å². The molecule has 0 spiro atoms. The van der Waals surface area contributed by atoms with Crippen LogP contribution >= 0.6 is 0 Å². The highest BCUT2D eigenvalue weighted by Gasteiger charge is 2.36. The Hall–Kier alpha value is -2.85. The van der Waals surface area contributed by atoms with Gasteiger partial charge in [-0.05, 0) is 18.6 Å². The lowest BCUT2D eigenvalue weighted by Crippen LogP contribution is -2.67. The number of pyridine rings is 2. The zero-order valence-electron chi connectivity index (χ0n) is 13.6. The van der Waals surface area contributed by atoms with Crippen LogP contribution in [0.1, 0.15) is 12.0 Å². The second-order valence-corrected chi connectivity index (χ2v) is 6.76. The normalized spacial score (nSPS) is 21.8. The van der Waals surface area contributed by atoms with E-state index in [0.29, 0.717) is 23.1 Å². The fraction of sp³-hybridized carbons (Fsp3) is 0.278. The van der Waals surface area contributed by atoms with E-state index in [1.54, 1.807) is 16.9 Å². The Balaban J connectivity index is 1.54. The molecule has 6 rings (SSSR count). The summed E-state index contributed by atoms with van der Waals surface area (Å²) in [6, 6.07) is 9.34. The van der Waals surface area contributed by atoms with Crippen molar-refractivity contribution in [2.24, 2.45) is 0 Å². The molecule has 2 bridgehead atoms. The van der Waals surface area contributed by atoms with Crippen molar-refractivity contribution < 1.29 is 0 Å². The predicted octanol–water partition coefficient (Wildman–Crippen LogP) is 0.612. The van der Waals surface area contributed by atoms with Gasteiger partial charge in [-0.3, -0.25) is 0 Å². The van der Waals surface area contributed by atoms with Crippen LogP contribution in [0.3, 0.4) is 0 Å². The molecule has 3 aliphatic rings. The number of hydrogen-bond donors (Lipinski definition) is 1. The van der Waals surface area contributed by atoms with E-state index in [4.69, 9.17) is 7.85 Å². The Morgan fingerprint density at radius 2 is 2.04 bits per heavy atom. The molecule has 2 unspecified atom stereocenters. The number of nitrogens with zero attached hydrogens (tertiary/aromatic N) is 5. The maximum absolute atomic E-state index is 9.35. The van der Waals surface area contributed by atoms with E-state index in [1.165, 1.54) is 6.42 Å². The molecule has 1 N–H and O–H groups in total. The molecule has 120 valence electrons. The monoisotopic (exact) mass is 326 g/mol. The molecule has 6 nitrogen and oxygen atoms in total. The molecule has 3 aromatic heterocycles. The third kappa shape index (κ3) is 2.30. The minimum Gasteiger partial charge on any atom is -0.353 e. The van der Waals surface area contributed by atoms with Gasteiger partial charge in [-0.2, -0.15) is 10.4 Å². The number of hydrogen-bond acceptors (Lipinski definition) is 5. The molecule has 3 aromatic rings. The van der Waals surface area contributed by atoms with Crippen molar-refractivity contribution >= 4 is 24.6 Å². The number of piperidine rings is 1. The van der Waals surface area contributed by atoms with Gasteiger partial charge in [0.25, 0.3) is 0 Å². The molecule has 3 aliphatic heterocycles. The summed E-state index contributed by atoms with van der Waals surface area (Å²) in [4.78, 5) is 6.98. The van der Waals surface area contributed by atoms with Crippen LogP contribution in [0, 0.1) is 11.3 Å². The van der Waals surface area contributed by atoms with E-state index < -0.39 is 0 Å². The molecular formula is C18H15BN6. The third-order valence-electron chi connectivity index (χ3n) is 5.06. The maximum Gasteiger partial charge on any atom is 0.128 e. The Bertz CT molecular complexity index is 987. The first-order chi connectivity index (χ1) is 12.2. The lowest BCUT2D eigenvalue weighted by atomic mass is 9.91. The molecule has 7 heteroatoms. The quantitative estimate of drug-likeness (QED) is 0.699. The van der Waals surface area contributed by atoms with Gasteiger partial charge in [0.15, 0.2) is 0 Å². The highest BCUT2D eigenvalue weighted by Crippen LogP contribution is 2.29. The Morgan fingerprint density at radius 1 is 1.24 bits per heavy atom. The van der Waals surface area contributed by atoms with Crippen molar-refractivity contribution in [3.8, 4) is 17.2 Å². The van der Waals surface area contributed by atoms with Crippen molar-refractivity contribution in [3.05, 3.63) is 42.4 Å². The second kappa shape index (κ2) is 5.33. The third-order valence-corrected chi connectivity index (χ3v) is 5.06. The van der Waals surface area contributed by atoms with Crippen LogP contribution in [-0.4, -0.2) is 47.6 Å². The summed E-state index contributed by atoms with van der Waals surface area (Å²) in [5.74, 6) is 0.994. The SMILES string of the molecule is [B]c1cc(-c2ccc(N3CC4CC(C3)N4)nc2)c2c(C#N)cnn2c1. The average Bonchev–Trinajstić information content (AvgIpc) is 3.03. The summed E-state index contributed by atoms with van der Waals surface area (Å²) in [5, 5.41) is 17.1. The fourth-order valence-electron chi connectivity index (χ4n) is 3.88. The summed E-state index contributed by atoms with van der Waals surface area (Å²) in [5.41, 5.74) is 3.69. The molecule has 0 aromatic carbocycles. The highest BCUT2D eigenvalue weighted by molar-refractivity contribution is 6.32. The van der Waals surface area contributed by atoms with Crippen LogP contribution in [0.5, 0.6) is 0 Å². The van der Waals surface area contributed by atoms with E-state index in [1.807, 2.05) is 24.4 Å². The zero-order valence-corrected chi connectivity index (χ0v) is 13.6.